The van der Waals surface area contributed by atoms with Crippen LogP contribution in [0.25, 0.3) is 0 Å². The van der Waals surface area contributed by atoms with Crippen LogP contribution in [0, 0.1) is 0 Å². The van der Waals surface area contributed by atoms with Crippen LogP contribution in [0.2, 0.25) is 0 Å². The molecule has 3 aliphatic rings. The summed E-state index contributed by atoms with van der Waals surface area (Å²) in [6, 6.07) is 8.77. The number of nitrogens with one attached hydrogen (secondary N) is 2. The minimum Gasteiger partial charge on any atom is -0.339 e. The van der Waals surface area contributed by atoms with Crippen molar-refractivity contribution in [2.24, 2.45) is 0 Å². The van der Waals surface area contributed by atoms with Gasteiger partial charge in [-0.15, -0.1) is 0 Å². The van der Waals surface area contributed by atoms with Crippen molar-refractivity contribution in [2.75, 3.05) is 38.0 Å². The fourth-order valence-corrected chi connectivity index (χ4v) is 4.63. The third kappa shape index (κ3) is 4.50. The Morgan fingerprint density at radius 3 is 2.29 bits per heavy atom. The number of nitrogens with zero attached hydrogens (tertiary/aromatic N) is 3. The number of carbonyl (C=O) groups excluding carboxylic acids is 4. The lowest BCUT2D eigenvalue weighted by Gasteiger charge is -2.34. The van der Waals surface area contributed by atoms with Crippen molar-refractivity contribution in [3.63, 3.8) is 0 Å². The van der Waals surface area contributed by atoms with Gasteiger partial charge in [-0.3, -0.25) is 14.5 Å². The number of hydrogen-bond acceptors (Lipinski definition) is 4. The molecule has 9 heteroatoms. The lowest BCUT2D eigenvalue weighted by atomic mass is 9.98. The first-order chi connectivity index (χ1) is 15.0. The van der Waals surface area contributed by atoms with Gasteiger partial charge < -0.3 is 20.4 Å². The van der Waals surface area contributed by atoms with E-state index in [1.165, 1.54) is 4.90 Å². The molecule has 0 aromatic heterocycles. The highest BCUT2D eigenvalue weighted by molar-refractivity contribution is 6.07. The second-order valence-electron chi connectivity index (χ2n) is 8.44. The second kappa shape index (κ2) is 8.95. The minimum atomic E-state index is -0.697. The van der Waals surface area contributed by atoms with E-state index in [9.17, 15) is 19.2 Å². The van der Waals surface area contributed by atoms with Gasteiger partial charge in [0.15, 0.2) is 0 Å². The third-order valence-electron chi connectivity index (χ3n) is 6.42. The Morgan fingerprint density at radius 1 is 0.968 bits per heavy atom. The second-order valence-corrected chi connectivity index (χ2v) is 8.44. The Kier molecular flexibility index (Phi) is 6.11. The first-order valence-corrected chi connectivity index (χ1v) is 11.0. The van der Waals surface area contributed by atoms with Crippen LogP contribution < -0.4 is 10.6 Å². The highest BCUT2D eigenvalue weighted by atomic mass is 16.2. The molecule has 6 amide bonds. The molecule has 31 heavy (non-hydrogen) atoms. The van der Waals surface area contributed by atoms with Crippen LogP contribution in [0.15, 0.2) is 30.3 Å². The average Bonchev–Trinajstić information content (AvgIpc) is 3.34. The van der Waals surface area contributed by atoms with E-state index in [0.717, 1.165) is 18.5 Å². The normalized spacial score (nSPS) is 20.3. The molecule has 1 aliphatic carbocycles. The van der Waals surface area contributed by atoms with Gasteiger partial charge in [0.25, 0.3) is 5.91 Å². The van der Waals surface area contributed by atoms with Crippen molar-refractivity contribution < 1.29 is 19.2 Å². The number of carbonyl (C=O) groups is 4. The van der Waals surface area contributed by atoms with Crippen LogP contribution in [0.3, 0.4) is 0 Å². The molecule has 0 atom stereocenters. The molecule has 2 N–H and O–H groups in total. The fraction of sp³-hybridized carbons (Fsp3) is 0.545. The summed E-state index contributed by atoms with van der Waals surface area (Å²) in [4.78, 5) is 54.5. The predicted octanol–water partition coefficient (Wildman–Crippen LogP) is 2.01. The minimum absolute atomic E-state index is 0.00856. The van der Waals surface area contributed by atoms with Crippen molar-refractivity contribution in [1.82, 2.24) is 20.0 Å². The van der Waals surface area contributed by atoms with Crippen LogP contribution in [0.5, 0.6) is 0 Å². The molecule has 0 radical (unpaired) electrons. The van der Waals surface area contributed by atoms with Gasteiger partial charge in [-0.1, -0.05) is 31.0 Å². The van der Waals surface area contributed by atoms with E-state index in [0.29, 0.717) is 45.4 Å². The Morgan fingerprint density at radius 2 is 1.61 bits per heavy atom. The SMILES string of the molecule is O=C(CCCN1C(=O)NC2(CCCC2)C1=O)N1CCN(C(=O)Nc2ccccc2)CC1. The van der Waals surface area contributed by atoms with Gasteiger partial charge >= 0.3 is 12.1 Å². The van der Waals surface area contributed by atoms with Crippen LogP contribution in [-0.4, -0.2) is 76.8 Å². The summed E-state index contributed by atoms with van der Waals surface area (Å²) < 4.78 is 0. The number of urea groups is 2. The summed E-state index contributed by atoms with van der Waals surface area (Å²) in [5, 5.41) is 5.72. The molecule has 3 fully saturated rings. The summed E-state index contributed by atoms with van der Waals surface area (Å²) in [6.45, 7) is 2.16. The van der Waals surface area contributed by atoms with E-state index < -0.39 is 5.54 Å². The summed E-state index contributed by atoms with van der Waals surface area (Å²) >= 11 is 0. The molecule has 1 spiro atoms. The molecule has 4 rings (SSSR count). The molecule has 1 saturated carbocycles. The summed E-state index contributed by atoms with van der Waals surface area (Å²) in [6.07, 6.45) is 4.04. The van der Waals surface area contributed by atoms with E-state index in [1.54, 1.807) is 9.80 Å². The van der Waals surface area contributed by atoms with Crippen LogP contribution in [-0.2, 0) is 9.59 Å². The van der Waals surface area contributed by atoms with E-state index in [1.807, 2.05) is 30.3 Å². The van der Waals surface area contributed by atoms with Crippen LogP contribution in [0.4, 0.5) is 15.3 Å². The maximum Gasteiger partial charge on any atom is 0.325 e. The zero-order valence-electron chi connectivity index (χ0n) is 17.6. The van der Waals surface area contributed by atoms with Gasteiger partial charge in [-0.05, 0) is 31.4 Å². The topological polar surface area (TPSA) is 102 Å². The predicted molar refractivity (Wildman–Crippen MR) is 114 cm³/mol. The van der Waals surface area contributed by atoms with E-state index in [4.69, 9.17) is 0 Å². The lowest BCUT2D eigenvalue weighted by molar-refractivity contribution is -0.134. The lowest BCUT2D eigenvalue weighted by Crippen LogP contribution is -2.51. The zero-order valence-corrected chi connectivity index (χ0v) is 17.6. The van der Waals surface area contributed by atoms with E-state index in [2.05, 4.69) is 10.6 Å². The molecular weight excluding hydrogens is 398 g/mol. The van der Waals surface area contributed by atoms with Crippen molar-refractivity contribution in [2.45, 2.75) is 44.1 Å². The Hall–Kier alpha value is -3.10. The molecule has 2 aliphatic heterocycles. The van der Waals surface area contributed by atoms with Crippen LogP contribution in [0.1, 0.15) is 38.5 Å². The quantitative estimate of drug-likeness (QED) is 0.702. The average molecular weight is 428 g/mol. The molecule has 2 saturated heterocycles. The zero-order chi connectivity index (χ0) is 21.8. The van der Waals surface area contributed by atoms with E-state index in [-0.39, 0.29) is 36.8 Å². The number of anilines is 1. The molecule has 1 aromatic rings. The van der Waals surface area contributed by atoms with Gasteiger partial charge in [-0.2, -0.15) is 0 Å². The smallest absolute Gasteiger partial charge is 0.325 e. The Balaban J connectivity index is 1.19. The van der Waals surface area contributed by atoms with Crippen molar-refractivity contribution in [1.29, 1.82) is 0 Å². The Labute approximate surface area is 181 Å². The number of piperazine rings is 1. The summed E-state index contributed by atoms with van der Waals surface area (Å²) in [7, 11) is 0. The molecule has 2 heterocycles. The maximum atomic E-state index is 12.7. The first kappa shape index (κ1) is 21.1. The number of para-hydroxylation sites is 1. The van der Waals surface area contributed by atoms with Gasteiger partial charge in [0.2, 0.25) is 5.91 Å². The summed E-state index contributed by atoms with van der Waals surface area (Å²) in [5.74, 6) is -0.147. The van der Waals surface area contributed by atoms with Gasteiger partial charge in [0.1, 0.15) is 5.54 Å². The summed E-state index contributed by atoms with van der Waals surface area (Å²) in [5.41, 5.74) is 0.0449. The highest BCUT2D eigenvalue weighted by Crippen LogP contribution is 2.35. The van der Waals surface area contributed by atoms with E-state index >= 15 is 0 Å². The van der Waals surface area contributed by atoms with Crippen LogP contribution >= 0.6 is 0 Å². The van der Waals surface area contributed by atoms with Crippen molar-refractivity contribution in [3.8, 4) is 0 Å². The fourth-order valence-electron chi connectivity index (χ4n) is 4.63. The van der Waals surface area contributed by atoms with Gasteiger partial charge in [0.05, 0.1) is 0 Å². The van der Waals surface area contributed by atoms with Gasteiger partial charge in [-0.25, -0.2) is 9.59 Å². The standard InChI is InChI=1S/C22H29N5O4/c28-18(9-6-12-27-19(29)22(24-21(27)31)10-4-5-11-22)25-13-15-26(16-14-25)20(30)23-17-7-2-1-3-8-17/h1-3,7-8H,4-6,9-16H2,(H,23,30)(H,24,31). The molecule has 166 valence electrons. The number of hydrogen-bond donors (Lipinski definition) is 2. The molecule has 9 nitrogen and oxygen atoms in total. The number of imide groups is 1. The number of rotatable bonds is 5. The number of benzene rings is 1. The number of amides is 6. The molecule has 1 aromatic carbocycles. The van der Waals surface area contributed by atoms with Crippen molar-refractivity contribution in [3.05, 3.63) is 30.3 Å². The largest absolute Gasteiger partial charge is 0.339 e. The van der Waals surface area contributed by atoms with Crippen molar-refractivity contribution >= 4 is 29.6 Å². The maximum absolute atomic E-state index is 12.7. The molecule has 0 unspecified atom stereocenters. The van der Waals surface area contributed by atoms with Gasteiger partial charge in [0, 0.05) is 44.8 Å². The monoisotopic (exact) mass is 427 g/mol. The molecule has 0 bridgehead atoms. The first-order valence-electron chi connectivity index (χ1n) is 11.0. The third-order valence-corrected chi connectivity index (χ3v) is 6.42. The highest BCUT2D eigenvalue weighted by Gasteiger charge is 2.52. The molecular formula is C22H29N5O4. The Bertz CT molecular complexity index is 845.